The van der Waals surface area contributed by atoms with Crippen LogP contribution in [0.25, 0.3) is 0 Å². The second-order valence-corrected chi connectivity index (χ2v) is 11.8. The van der Waals surface area contributed by atoms with Crippen LogP contribution in [0.2, 0.25) is 0 Å². The van der Waals surface area contributed by atoms with Crippen molar-refractivity contribution in [2.24, 2.45) is 0 Å². The molecule has 0 N–H and O–H groups in total. The first-order valence-corrected chi connectivity index (χ1v) is 14.1. The number of hydrogen-bond donors (Lipinski definition) is 0. The van der Waals surface area contributed by atoms with Crippen LogP contribution in [0.5, 0.6) is 0 Å². The van der Waals surface area contributed by atoms with Gasteiger partial charge in [-0.2, -0.15) is 0 Å². The summed E-state index contributed by atoms with van der Waals surface area (Å²) in [5.74, 6) is 0. The van der Waals surface area contributed by atoms with Crippen LogP contribution >= 0.6 is 7.67 Å². The number of nitrogens with zero attached hydrogens (tertiary/aromatic N) is 2. The summed E-state index contributed by atoms with van der Waals surface area (Å²) in [6, 6.07) is 31.5. The fraction of sp³-hybridized carbons (Fsp3) is 0.379. The van der Waals surface area contributed by atoms with E-state index in [-0.39, 0.29) is 24.2 Å². The summed E-state index contributed by atoms with van der Waals surface area (Å²) in [5, 5.41) is 0. The van der Waals surface area contributed by atoms with Gasteiger partial charge < -0.3 is 4.52 Å². The summed E-state index contributed by atoms with van der Waals surface area (Å²) >= 11 is 0. The normalized spacial score (nSPS) is 24.4. The lowest BCUT2D eigenvalue weighted by Gasteiger charge is -2.37. The van der Waals surface area contributed by atoms with E-state index in [9.17, 15) is 0 Å². The molecule has 0 amide bonds. The van der Waals surface area contributed by atoms with E-state index in [1.165, 1.54) is 24.0 Å². The quantitative estimate of drug-likeness (QED) is 0.328. The molecule has 1 aliphatic carbocycles. The van der Waals surface area contributed by atoms with Crippen molar-refractivity contribution in [1.82, 2.24) is 9.34 Å². The van der Waals surface area contributed by atoms with Crippen LogP contribution in [0.15, 0.2) is 91.0 Å². The van der Waals surface area contributed by atoms with Gasteiger partial charge in [-0.05, 0) is 43.4 Å². The number of hydrogen-bond acceptors (Lipinski definition) is 2. The lowest BCUT2D eigenvalue weighted by atomic mass is 9.88. The molecule has 4 atom stereocenters. The van der Waals surface area contributed by atoms with Gasteiger partial charge >= 0.3 is 7.67 Å². The third-order valence-corrected chi connectivity index (χ3v) is 10.5. The average molecular weight is 475 g/mol. The minimum atomic E-state index is -3.34. The van der Waals surface area contributed by atoms with Gasteiger partial charge in [0.15, 0.2) is 0 Å². The summed E-state index contributed by atoms with van der Waals surface area (Å²) in [6.45, 7) is 4.72. The number of benzene rings is 3. The van der Waals surface area contributed by atoms with Crippen molar-refractivity contribution in [2.45, 2.75) is 70.3 Å². The van der Waals surface area contributed by atoms with Gasteiger partial charge in [0.05, 0.1) is 6.61 Å². The van der Waals surface area contributed by atoms with Gasteiger partial charge in [0.1, 0.15) is 0 Å². The zero-order valence-electron chi connectivity index (χ0n) is 20.2. The van der Waals surface area contributed by atoms with Crippen molar-refractivity contribution in [3.63, 3.8) is 0 Å². The van der Waals surface area contributed by atoms with Crippen molar-refractivity contribution < 1.29 is 9.09 Å². The monoisotopic (exact) mass is 474 g/mol. The van der Waals surface area contributed by atoms with Gasteiger partial charge in [0.2, 0.25) is 0 Å². The van der Waals surface area contributed by atoms with Gasteiger partial charge in [-0.1, -0.05) is 104 Å². The molecule has 1 saturated heterocycles. The van der Waals surface area contributed by atoms with Crippen LogP contribution in [-0.4, -0.2) is 21.4 Å². The van der Waals surface area contributed by atoms with E-state index in [0.29, 0.717) is 6.61 Å². The lowest BCUT2D eigenvalue weighted by molar-refractivity contribution is 0.166. The summed E-state index contributed by atoms with van der Waals surface area (Å²) in [5.41, 5.74) is 3.42. The van der Waals surface area contributed by atoms with Crippen LogP contribution in [0.1, 0.15) is 68.3 Å². The molecule has 2 aliphatic rings. The Hall–Kier alpha value is -2.23. The topological polar surface area (TPSA) is 32.8 Å². The van der Waals surface area contributed by atoms with E-state index in [0.717, 1.165) is 18.4 Å². The first-order valence-electron chi connectivity index (χ1n) is 12.6. The maximum atomic E-state index is 15.3. The molecular formula is C29H35N2O2P. The standard InChI is InChI=1S/C29H35N2O2P/c1-23(26-16-8-4-9-17-26)30-28-20-12-13-21-29(28)31(24(2)27-18-10-5-11-19-27)34(30,32)33-22-25-14-6-3-7-15-25/h3-11,14-19,23-24,28-29H,12-13,20-22H2,1-2H3/t23-,24-,28-,29-/m0/s1. The molecule has 0 unspecified atom stereocenters. The average Bonchev–Trinajstić information content (AvgIpc) is 3.16. The zero-order valence-corrected chi connectivity index (χ0v) is 21.1. The SMILES string of the molecule is C[C@@H](c1ccccc1)N1[C@H]2CCCC[C@@H]2N([C@@H](C)c2ccccc2)P1(=O)OCc1ccccc1. The Bertz CT molecular complexity index is 1040. The van der Waals surface area contributed by atoms with E-state index in [2.05, 4.69) is 71.7 Å². The molecule has 1 saturated carbocycles. The Morgan fingerprint density at radius 3 is 1.59 bits per heavy atom. The molecule has 5 heteroatoms. The first-order chi connectivity index (χ1) is 16.6. The van der Waals surface area contributed by atoms with Crippen LogP contribution < -0.4 is 0 Å². The molecule has 0 radical (unpaired) electrons. The molecule has 34 heavy (non-hydrogen) atoms. The Morgan fingerprint density at radius 2 is 1.15 bits per heavy atom. The first kappa shape index (κ1) is 23.5. The van der Waals surface area contributed by atoms with Crippen molar-refractivity contribution in [2.75, 3.05) is 0 Å². The van der Waals surface area contributed by atoms with Crippen LogP contribution in [0.4, 0.5) is 0 Å². The highest BCUT2D eigenvalue weighted by Gasteiger charge is 2.59. The van der Waals surface area contributed by atoms with E-state index < -0.39 is 7.67 Å². The molecule has 2 fully saturated rings. The van der Waals surface area contributed by atoms with Crippen molar-refractivity contribution >= 4 is 7.67 Å². The summed E-state index contributed by atoms with van der Waals surface area (Å²) in [7, 11) is -3.34. The van der Waals surface area contributed by atoms with E-state index in [1.54, 1.807) is 0 Å². The molecule has 5 rings (SSSR count). The zero-order chi connectivity index (χ0) is 23.5. The molecule has 0 bridgehead atoms. The highest BCUT2D eigenvalue weighted by Crippen LogP contribution is 2.69. The van der Waals surface area contributed by atoms with Crippen LogP contribution in [0.3, 0.4) is 0 Å². The maximum Gasteiger partial charge on any atom is 0.348 e. The maximum absolute atomic E-state index is 15.3. The van der Waals surface area contributed by atoms with Gasteiger partial charge in [0, 0.05) is 24.2 Å². The minimum Gasteiger partial charge on any atom is -0.301 e. The van der Waals surface area contributed by atoms with E-state index >= 15 is 4.57 Å². The molecular weight excluding hydrogens is 439 g/mol. The highest BCUT2D eigenvalue weighted by molar-refractivity contribution is 7.54. The molecule has 1 heterocycles. The minimum absolute atomic E-state index is 0.00128. The van der Waals surface area contributed by atoms with Crippen LogP contribution in [0, 0.1) is 0 Å². The molecule has 3 aromatic rings. The summed E-state index contributed by atoms with van der Waals surface area (Å²) in [6.07, 6.45) is 4.45. The Balaban J connectivity index is 1.58. The Morgan fingerprint density at radius 1 is 0.735 bits per heavy atom. The predicted octanol–water partition coefficient (Wildman–Crippen LogP) is 7.76. The number of fused-ring (bicyclic) bond motifs is 1. The third-order valence-electron chi connectivity index (χ3n) is 7.56. The molecule has 4 nitrogen and oxygen atoms in total. The predicted molar refractivity (Wildman–Crippen MR) is 138 cm³/mol. The van der Waals surface area contributed by atoms with Crippen molar-refractivity contribution in [1.29, 1.82) is 0 Å². The van der Waals surface area contributed by atoms with Gasteiger partial charge in [-0.15, -0.1) is 0 Å². The second kappa shape index (κ2) is 10.2. The summed E-state index contributed by atoms with van der Waals surface area (Å²) in [4.78, 5) is 0. The van der Waals surface area contributed by atoms with Gasteiger partial charge in [0.25, 0.3) is 0 Å². The van der Waals surface area contributed by atoms with Gasteiger partial charge in [-0.3, -0.25) is 4.57 Å². The molecule has 0 spiro atoms. The number of rotatable bonds is 7. The third kappa shape index (κ3) is 4.41. The fourth-order valence-electron chi connectivity index (χ4n) is 5.85. The summed E-state index contributed by atoms with van der Waals surface area (Å²) < 4.78 is 26.4. The Labute approximate surface area is 204 Å². The van der Waals surface area contributed by atoms with E-state index in [1.807, 2.05) is 42.5 Å². The van der Waals surface area contributed by atoms with Crippen molar-refractivity contribution in [3.05, 3.63) is 108 Å². The molecule has 0 aromatic heterocycles. The fourth-order valence-corrected chi connectivity index (χ4v) is 9.10. The largest absolute Gasteiger partial charge is 0.348 e. The lowest BCUT2D eigenvalue weighted by Crippen LogP contribution is -2.41. The van der Waals surface area contributed by atoms with Gasteiger partial charge in [-0.25, -0.2) is 9.34 Å². The second-order valence-electron chi connectivity index (χ2n) is 9.60. The van der Waals surface area contributed by atoms with Crippen molar-refractivity contribution in [3.8, 4) is 0 Å². The smallest absolute Gasteiger partial charge is 0.301 e. The van der Waals surface area contributed by atoms with E-state index in [4.69, 9.17) is 4.52 Å². The molecule has 1 aliphatic heterocycles. The highest BCUT2D eigenvalue weighted by atomic mass is 31.2. The molecule has 178 valence electrons. The Kier molecular flexibility index (Phi) is 7.04. The molecule has 3 aromatic carbocycles. The van der Waals surface area contributed by atoms with Crippen LogP contribution in [-0.2, 0) is 15.7 Å².